The standard InChI is InChI=1S/C66H75Cl2N9O24.C5H14N2/c1-23(2)12-34(71-5)58(88)76-49-51(83)26-7-10-38(32(67)14-26)97-40-16-28-17-41(55(40)101-65-56(54(86)53(85)42(22-78)99-65)100-44-21-66(4,70)57(87)24(3)96-44)98-39-11-8-27(15-33(39)68)52(84)50-63(93)75-48(64(94)95)31-18-29(79)19-37(81)45(31)30-13-25(6-9-36(30)80)46(60(90)77-50)74-61(91)47(28)73-59(89)35(20-43(69)82)72-62(49)92;1-4-5-6-7(2)3/h6-11,13-19,23-24,34-35,42,44,46-54,56-57,65,71,78-81,83-87H,12,20-22,70H2,1-5H3,(H2,69,82)(H,72,92)(H,73,89)(H,74,91)(H,75,93)(H,76,88)(H,77,90)(H,94,95);6H,4-5H2,1-3H3/t24-,34+,35-,42+,44-,46+,47+,48+,49+,50-,51+,52+,53+,54-,56+,57?,65-,66-;/m0./s1. The molecule has 7 heterocycles. The average Bonchev–Trinajstić information content (AvgIpc) is 0.766. The molecule has 12 rings (SSSR count). The summed E-state index contributed by atoms with van der Waals surface area (Å²) in [5, 5.41) is 132. The lowest BCUT2D eigenvalue weighted by atomic mass is 9.86. The fourth-order valence-electron chi connectivity index (χ4n) is 12.8. The zero-order valence-electron chi connectivity index (χ0n) is 59.7. The molecule has 18 atom stereocenters. The van der Waals surface area contributed by atoms with E-state index in [0.717, 1.165) is 73.3 Å². The maximum atomic E-state index is 16.0. The zero-order valence-corrected chi connectivity index (χ0v) is 61.2. The third-order valence-electron chi connectivity index (χ3n) is 18.5. The Kier molecular flexibility index (Phi) is 26.8. The number of hydrogen-bond donors (Lipinski definition) is 20. The first-order chi connectivity index (χ1) is 50.9. The van der Waals surface area contributed by atoms with Crippen molar-refractivity contribution in [1.82, 2.24) is 47.7 Å². The number of aromatic hydroxyl groups is 3. The van der Waals surface area contributed by atoms with E-state index in [1.165, 1.54) is 39.4 Å². The number of rotatable bonds is 16. The van der Waals surface area contributed by atoms with E-state index in [0.29, 0.717) is 0 Å². The number of benzene rings is 5. The van der Waals surface area contributed by atoms with Gasteiger partial charge in [-0.2, -0.15) is 0 Å². The van der Waals surface area contributed by atoms with E-state index in [1.54, 1.807) is 0 Å². The number of carbonyl (C=O) groups is 8. The van der Waals surface area contributed by atoms with Crippen molar-refractivity contribution in [2.75, 3.05) is 34.3 Å². The van der Waals surface area contributed by atoms with Gasteiger partial charge in [0.2, 0.25) is 53.4 Å². The number of amides is 7. The van der Waals surface area contributed by atoms with Crippen LogP contribution in [0.2, 0.25) is 10.0 Å². The summed E-state index contributed by atoms with van der Waals surface area (Å²) < 4.78 is 38.3. The summed E-state index contributed by atoms with van der Waals surface area (Å²) in [6, 6.07) is -0.679. The number of nitrogens with two attached hydrogens (primary N) is 2. The summed E-state index contributed by atoms with van der Waals surface area (Å²) in [6.45, 7) is 8.89. The molecule has 22 N–H and O–H groups in total. The molecule has 0 spiro atoms. The Morgan fingerprint density at radius 3 is 1.89 bits per heavy atom. The number of fused-ring (bicyclic) bond motifs is 15. The van der Waals surface area contributed by atoms with Crippen molar-refractivity contribution in [3.63, 3.8) is 0 Å². The van der Waals surface area contributed by atoms with Gasteiger partial charge in [0.1, 0.15) is 89.5 Å². The smallest absolute Gasteiger partial charge is 0.330 e. The summed E-state index contributed by atoms with van der Waals surface area (Å²) in [5.74, 6) is -16.0. The monoisotopic (exact) mass is 1550 g/mol. The van der Waals surface area contributed by atoms with Crippen molar-refractivity contribution in [2.45, 2.75) is 170 Å². The van der Waals surface area contributed by atoms with Crippen LogP contribution < -0.4 is 68.3 Å². The van der Waals surface area contributed by atoms with Crippen molar-refractivity contribution in [2.24, 2.45) is 17.4 Å². The summed E-state index contributed by atoms with van der Waals surface area (Å²) in [5.41, 5.74) is 11.1. The number of nitrogens with zero attached hydrogens (tertiary/aromatic N) is 1. The Bertz CT molecular complexity index is 4200. The third-order valence-corrected chi connectivity index (χ3v) is 19.0. The Morgan fingerprint density at radius 2 is 1.33 bits per heavy atom. The molecule has 35 nitrogen and oxygen atoms in total. The van der Waals surface area contributed by atoms with Gasteiger partial charge in [0.15, 0.2) is 29.9 Å². The van der Waals surface area contributed by atoms with Crippen molar-refractivity contribution >= 4 is 70.5 Å². The molecule has 0 saturated carbocycles. The summed E-state index contributed by atoms with van der Waals surface area (Å²) in [6.07, 6.45) is -17.4. The summed E-state index contributed by atoms with van der Waals surface area (Å²) >= 11 is 14.1. The van der Waals surface area contributed by atoms with Crippen LogP contribution >= 0.6 is 23.2 Å². The average molecular weight is 1550 g/mol. The number of hydrazine groups is 1. The maximum absolute atomic E-state index is 16.0. The minimum atomic E-state index is -2.35. The topological polar surface area (TPSA) is 546 Å². The van der Waals surface area contributed by atoms with Gasteiger partial charge in [-0.25, -0.2) is 4.79 Å². The van der Waals surface area contributed by atoms with Crippen molar-refractivity contribution in [3.8, 4) is 57.1 Å². The normalized spacial score (nSPS) is 28.2. The second-order valence-electron chi connectivity index (χ2n) is 27.5. The van der Waals surface area contributed by atoms with Gasteiger partial charge in [-0.15, -0.1) is 0 Å². The number of likely N-dealkylation sites (N-methyl/N-ethyl adjacent to an activating group) is 1. The fourth-order valence-corrected chi connectivity index (χ4v) is 13.3. The molecule has 5 aromatic carbocycles. The number of ether oxygens (including phenoxy) is 6. The number of primary amides is 1. The van der Waals surface area contributed by atoms with Crippen molar-refractivity contribution < 1.29 is 118 Å². The van der Waals surface area contributed by atoms with E-state index < -0.39 is 237 Å². The SMILES string of the molecule is CCCNN(C)C.CN[C@H](CC(C)C)C(=O)N[C@H]1C(=O)N[C@@H](CC(N)=O)C(=O)N[C@H]2C(=O)N[C@H]3C(=O)N[C@H](C(=O)N[C@@H](C(=O)O)c4cc(O)cc(O)c4-c4cc3ccc4O)[C@H](O)c3ccc(c(Cl)c3)Oc3cc2cc(c3O[C@@H]2O[C@H](CO)[C@@H](O)[C@H](O)[C@H]2O[C@H]2C[C@](C)(N)C(O)[C@H](C)O2)Oc2ccc(cc2Cl)[C@H]1O. The molecule has 11 bridgehead atoms. The quantitative estimate of drug-likeness (QED) is 0.0600. The molecule has 7 aliphatic rings. The molecule has 0 radical (unpaired) electrons. The number of carboxylic acid groups (broad SMARTS) is 1. The number of carboxylic acids is 1. The number of hydrogen-bond acceptors (Lipinski definition) is 27. The first kappa shape index (κ1) is 82.8. The lowest BCUT2D eigenvalue weighted by Crippen LogP contribution is -2.64. The minimum absolute atomic E-state index is 0.0975. The van der Waals surface area contributed by atoms with E-state index >= 15 is 14.4 Å². The molecular weight excluding hydrogens is 1460 g/mol. The summed E-state index contributed by atoms with van der Waals surface area (Å²) in [4.78, 5) is 117. The Labute approximate surface area is 628 Å². The van der Waals surface area contributed by atoms with Gasteiger partial charge in [0, 0.05) is 55.4 Å². The highest BCUT2D eigenvalue weighted by atomic mass is 35.5. The first-order valence-electron chi connectivity index (χ1n) is 34.3. The molecule has 37 heteroatoms. The van der Waals surface area contributed by atoms with Crippen LogP contribution in [0.5, 0.6) is 46.0 Å². The van der Waals surface area contributed by atoms with E-state index in [-0.39, 0.29) is 46.2 Å². The molecule has 5 aromatic rings. The van der Waals surface area contributed by atoms with Gasteiger partial charge in [-0.1, -0.05) is 62.2 Å². The number of aliphatic carboxylic acids is 1. The molecule has 108 heavy (non-hydrogen) atoms. The molecular formula is C71H89Cl2N11O24. The number of phenolic OH excluding ortho intramolecular Hbond substituents is 3. The number of aliphatic hydroxyl groups is 6. The largest absolute Gasteiger partial charge is 0.508 e. The highest BCUT2D eigenvalue weighted by molar-refractivity contribution is 6.32. The number of carbonyl (C=O) groups excluding carboxylic acids is 7. The second-order valence-corrected chi connectivity index (χ2v) is 28.3. The van der Waals surface area contributed by atoms with E-state index in [2.05, 4.69) is 49.6 Å². The lowest BCUT2D eigenvalue weighted by molar-refractivity contribution is -0.333. The van der Waals surface area contributed by atoms with Crippen LogP contribution in [0.4, 0.5) is 0 Å². The fraction of sp³-hybridized carbons (Fsp3) is 0.465. The van der Waals surface area contributed by atoms with Crippen LogP contribution in [0.1, 0.15) is 118 Å². The Balaban J connectivity index is 0.00000183. The molecule has 7 aliphatic heterocycles. The molecule has 0 aromatic heterocycles. The molecule has 7 amide bonds. The van der Waals surface area contributed by atoms with E-state index in [4.69, 9.17) is 63.1 Å². The molecule has 2 saturated heterocycles. The van der Waals surface area contributed by atoms with E-state index in [9.17, 15) is 75.0 Å². The Morgan fingerprint density at radius 1 is 0.731 bits per heavy atom. The molecule has 0 aliphatic carbocycles. The Hall–Kier alpha value is -9.28. The van der Waals surface area contributed by atoms with Crippen LogP contribution in [-0.2, 0) is 52.6 Å². The van der Waals surface area contributed by atoms with Gasteiger partial charge >= 0.3 is 5.97 Å². The van der Waals surface area contributed by atoms with Crippen LogP contribution in [0.25, 0.3) is 11.1 Å². The first-order valence-corrected chi connectivity index (χ1v) is 35.1. The third kappa shape index (κ3) is 18.9. The van der Waals surface area contributed by atoms with Crippen molar-refractivity contribution in [3.05, 3.63) is 117 Å². The van der Waals surface area contributed by atoms with Gasteiger partial charge in [-0.3, -0.25) is 44.0 Å². The van der Waals surface area contributed by atoms with Gasteiger partial charge in [0.05, 0.1) is 41.3 Å². The maximum Gasteiger partial charge on any atom is 0.330 e. The highest BCUT2D eigenvalue weighted by Crippen LogP contribution is 2.50. The molecule has 586 valence electrons. The van der Waals surface area contributed by atoms with Gasteiger partial charge in [-0.05, 0) is 117 Å². The number of aliphatic hydroxyl groups excluding tert-OH is 6. The minimum Gasteiger partial charge on any atom is -0.508 e. The predicted molar refractivity (Wildman–Crippen MR) is 381 cm³/mol. The molecule has 1 unspecified atom stereocenters. The van der Waals surface area contributed by atoms with Crippen LogP contribution in [0.15, 0.2) is 78.9 Å². The predicted octanol–water partition coefficient (Wildman–Crippen LogP) is 0.569. The molecule has 2 fully saturated rings. The second kappa shape index (κ2) is 35.0. The van der Waals surface area contributed by atoms with Crippen LogP contribution in [0, 0.1) is 5.92 Å². The highest BCUT2D eigenvalue weighted by Gasteiger charge is 2.52. The summed E-state index contributed by atoms with van der Waals surface area (Å²) in [7, 11) is 5.46. The van der Waals surface area contributed by atoms with Crippen LogP contribution in [0.3, 0.4) is 0 Å². The number of nitrogens with one attached hydrogen (secondary N) is 8. The zero-order chi connectivity index (χ0) is 79.2. The number of phenols is 3. The lowest BCUT2D eigenvalue weighted by Gasteiger charge is -2.47. The van der Waals surface area contributed by atoms with E-state index in [1.807, 2.05) is 33.0 Å². The van der Waals surface area contributed by atoms with Gasteiger partial charge < -0.3 is 128 Å². The van der Waals surface area contributed by atoms with Crippen LogP contribution in [-0.4, -0.2) is 217 Å². The van der Waals surface area contributed by atoms with Crippen molar-refractivity contribution in [1.29, 1.82) is 0 Å². The number of halogens is 2. The van der Waals surface area contributed by atoms with Gasteiger partial charge in [0.25, 0.3) is 0 Å².